The van der Waals surface area contributed by atoms with Gasteiger partial charge in [-0.2, -0.15) is 0 Å². The highest BCUT2D eigenvalue weighted by molar-refractivity contribution is 5.69. The highest BCUT2D eigenvalue weighted by atomic mass is 16.5. The molecular formula is C18H28O4. The molecule has 0 aromatic heterocycles. The zero-order chi connectivity index (χ0) is 16.4. The van der Waals surface area contributed by atoms with Gasteiger partial charge in [0.05, 0.1) is 7.11 Å². The Morgan fingerprint density at radius 1 is 1.27 bits per heavy atom. The monoisotopic (exact) mass is 308 g/mol. The van der Waals surface area contributed by atoms with Gasteiger partial charge in [-0.1, -0.05) is 45.6 Å². The number of esters is 1. The third-order valence-electron chi connectivity index (χ3n) is 3.92. The predicted molar refractivity (Wildman–Crippen MR) is 87.0 cm³/mol. The molecule has 0 saturated heterocycles. The molecule has 0 aliphatic rings. The molecule has 1 N–H and O–H groups in total. The smallest absolute Gasteiger partial charge is 0.306 e. The molecule has 1 aromatic carbocycles. The van der Waals surface area contributed by atoms with Crippen molar-refractivity contribution in [3.8, 4) is 11.5 Å². The lowest BCUT2D eigenvalue weighted by Gasteiger charge is -2.08. The van der Waals surface area contributed by atoms with Crippen LogP contribution in [-0.4, -0.2) is 18.2 Å². The van der Waals surface area contributed by atoms with Gasteiger partial charge in [0, 0.05) is 6.42 Å². The van der Waals surface area contributed by atoms with Crippen molar-refractivity contribution in [3.05, 3.63) is 23.8 Å². The Labute approximate surface area is 133 Å². The molecule has 4 heteroatoms. The number of benzene rings is 1. The Hall–Kier alpha value is -1.71. The van der Waals surface area contributed by atoms with E-state index in [-0.39, 0.29) is 18.3 Å². The van der Waals surface area contributed by atoms with Crippen molar-refractivity contribution in [2.45, 2.75) is 59.0 Å². The fraction of sp³-hybridized carbons (Fsp3) is 0.611. The van der Waals surface area contributed by atoms with E-state index in [1.165, 1.54) is 26.4 Å². The zero-order valence-corrected chi connectivity index (χ0v) is 13.9. The fourth-order valence-corrected chi connectivity index (χ4v) is 2.20. The highest BCUT2D eigenvalue weighted by Crippen LogP contribution is 2.26. The maximum Gasteiger partial charge on any atom is 0.306 e. The zero-order valence-electron chi connectivity index (χ0n) is 13.9. The van der Waals surface area contributed by atoms with Crippen LogP contribution >= 0.6 is 0 Å². The van der Waals surface area contributed by atoms with Crippen molar-refractivity contribution in [1.29, 1.82) is 0 Å². The lowest BCUT2D eigenvalue weighted by atomic mass is 10.0. The predicted octanol–water partition coefficient (Wildman–Crippen LogP) is 4.44. The van der Waals surface area contributed by atoms with E-state index in [0.717, 1.165) is 24.3 Å². The molecule has 0 heterocycles. The average molecular weight is 308 g/mol. The van der Waals surface area contributed by atoms with E-state index in [2.05, 4.69) is 13.8 Å². The van der Waals surface area contributed by atoms with E-state index in [9.17, 15) is 9.90 Å². The Balaban J connectivity index is 2.19. The summed E-state index contributed by atoms with van der Waals surface area (Å²) in [5.41, 5.74) is 0.753. The molecule has 1 aromatic rings. The van der Waals surface area contributed by atoms with Crippen LogP contribution in [0.15, 0.2) is 18.2 Å². The first kappa shape index (κ1) is 18.3. The first-order chi connectivity index (χ1) is 10.6. The number of carbonyl (C=O) groups excluding carboxylic acids is 1. The van der Waals surface area contributed by atoms with Crippen molar-refractivity contribution >= 4 is 5.97 Å². The van der Waals surface area contributed by atoms with Crippen LogP contribution in [0.2, 0.25) is 0 Å². The van der Waals surface area contributed by atoms with Crippen LogP contribution in [0.4, 0.5) is 0 Å². The van der Waals surface area contributed by atoms with Crippen LogP contribution in [0.3, 0.4) is 0 Å². The summed E-state index contributed by atoms with van der Waals surface area (Å²) in [6.07, 6.45) is 6.04. The number of aromatic hydroxyl groups is 1. The summed E-state index contributed by atoms with van der Waals surface area (Å²) >= 11 is 0. The number of hydrogen-bond donors (Lipinski definition) is 1. The summed E-state index contributed by atoms with van der Waals surface area (Å²) in [5.74, 6) is 1.06. The van der Waals surface area contributed by atoms with Gasteiger partial charge in [0.2, 0.25) is 0 Å². The van der Waals surface area contributed by atoms with Gasteiger partial charge < -0.3 is 14.6 Å². The number of rotatable bonds is 10. The van der Waals surface area contributed by atoms with Crippen molar-refractivity contribution in [1.82, 2.24) is 0 Å². The lowest BCUT2D eigenvalue weighted by Crippen LogP contribution is -2.04. The quantitative estimate of drug-likeness (QED) is 0.513. The molecule has 0 spiro atoms. The Bertz CT molecular complexity index is 456. The summed E-state index contributed by atoms with van der Waals surface area (Å²) < 4.78 is 10.2. The lowest BCUT2D eigenvalue weighted by molar-refractivity contribution is -0.145. The Morgan fingerprint density at radius 2 is 2.05 bits per heavy atom. The second-order valence-corrected chi connectivity index (χ2v) is 5.78. The molecule has 1 atom stereocenters. The van der Waals surface area contributed by atoms with Crippen molar-refractivity contribution < 1.29 is 19.4 Å². The molecule has 0 saturated carbocycles. The molecule has 0 aliphatic carbocycles. The van der Waals surface area contributed by atoms with Crippen LogP contribution < -0.4 is 4.74 Å². The van der Waals surface area contributed by atoms with Gasteiger partial charge in [0.1, 0.15) is 6.61 Å². The Morgan fingerprint density at radius 3 is 2.68 bits per heavy atom. The topological polar surface area (TPSA) is 55.8 Å². The minimum absolute atomic E-state index is 0.0566. The van der Waals surface area contributed by atoms with E-state index in [1.54, 1.807) is 18.2 Å². The van der Waals surface area contributed by atoms with Gasteiger partial charge in [-0.15, -0.1) is 0 Å². The first-order valence-corrected chi connectivity index (χ1v) is 8.08. The van der Waals surface area contributed by atoms with Crippen LogP contribution in [-0.2, 0) is 16.1 Å². The van der Waals surface area contributed by atoms with Crippen LogP contribution in [0.25, 0.3) is 0 Å². The second kappa shape index (κ2) is 10.1. The summed E-state index contributed by atoms with van der Waals surface area (Å²) in [4.78, 5) is 11.7. The molecule has 124 valence electrons. The minimum atomic E-state index is -0.182. The van der Waals surface area contributed by atoms with Gasteiger partial charge in [-0.25, -0.2) is 0 Å². The van der Waals surface area contributed by atoms with E-state index in [4.69, 9.17) is 9.47 Å². The molecule has 4 nitrogen and oxygen atoms in total. The van der Waals surface area contributed by atoms with Gasteiger partial charge in [0.25, 0.3) is 0 Å². The summed E-state index contributed by atoms with van der Waals surface area (Å²) in [7, 11) is 1.50. The van der Waals surface area contributed by atoms with Gasteiger partial charge in [-0.3, -0.25) is 4.79 Å². The van der Waals surface area contributed by atoms with Crippen LogP contribution in [0.5, 0.6) is 11.5 Å². The van der Waals surface area contributed by atoms with Crippen molar-refractivity contribution in [2.24, 2.45) is 5.92 Å². The summed E-state index contributed by atoms with van der Waals surface area (Å²) in [6.45, 7) is 4.65. The number of hydrogen-bond acceptors (Lipinski definition) is 4. The standard InChI is InChI=1S/C18H28O4/c1-4-14(2)8-6-5-7-9-18(20)22-13-15-10-11-17(21-3)16(19)12-15/h10-12,14,19H,4-9,13H2,1-3H3. The fourth-order valence-electron chi connectivity index (χ4n) is 2.20. The SMILES string of the molecule is CCC(C)CCCCCC(=O)OCc1ccc(OC)c(O)c1. The van der Waals surface area contributed by atoms with E-state index in [1.807, 2.05) is 0 Å². The molecule has 1 unspecified atom stereocenters. The normalized spacial score (nSPS) is 12.0. The van der Waals surface area contributed by atoms with E-state index in [0.29, 0.717) is 12.2 Å². The van der Waals surface area contributed by atoms with Crippen LogP contribution in [0.1, 0.15) is 57.9 Å². The minimum Gasteiger partial charge on any atom is -0.504 e. The largest absolute Gasteiger partial charge is 0.504 e. The molecular weight excluding hydrogens is 280 g/mol. The van der Waals surface area contributed by atoms with Crippen LogP contribution in [0, 0.1) is 5.92 Å². The molecule has 0 radical (unpaired) electrons. The first-order valence-electron chi connectivity index (χ1n) is 8.08. The molecule has 22 heavy (non-hydrogen) atoms. The van der Waals surface area contributed by atoms with E-state index >= 15 is 0 Å². The van der Waals surface area contributed by atoms with Gasteiger partial charge >= 0.3 is 5.97 Å². The Kier molecular flexibility index (Phi) is 8.41. The number of phenolic OH excluding ortho intramolecular Hbond substituents is 1. The maximum absolute atomic E-state index is 11.7. The van der Waals surface area contributed by atoms with Gasteiger partial charge in [-0.05, 0) is 30.0 Å². The van der Waals surface area contributed by atoms with Crippen molar-refractivity contribution in [3.63, 3.8) is 0 Å². The van der Waals surface area contributed by atoms with E-state index < -0.39 is 0 Å². The number of ether oxygens (including phenoxy) is 2. The molecule has 0 aliphatic heterocycles. The highest BCUT2D eigenvalue weighted by Gasteiger charge is 2.06. The molecule has 0 amide bonds. The number of methoxy groups -OCH3 is 1. The molecule has 1 rings (SSSR count). The number of unbranched alkanes of at least 4 members (excludes halogenated alkanes) is 2. The second-order valence-electron chi connectivity index (χ2n) is 5.78. The van der Waals surface area contributed by atoms with Crippen molar-refractivity contribution in [2.75, 3.05) is 7.11 Å². The average Bonchev–Trinajstić information content (AvgIpc) is 2.52. The molecule has 0 fully saturated rings. The molecule has 0 bridgehead atoms. The van der Waals surface area contributed by atoms with Gasteiger partial charge in [0.15, 0.2) is 11.5 Å². The summed E-state index contributed by atoms with van der Waals surface area (Å²) in [6, 6.07) is 4.99. The third-order valence-corrected chi connectivity index (χ3v) is 3.92. The summed E-state index contributed by atoms with van der Waals surface area (Å²) in [5, 5.41) is 9.66. The third kappa shape index (κ3) is 6.83. The maximum atomic E-state index is 11.7. The number of carbonyl (C=O) groups is 1. The number of phenols is 1.